The van der Waals surface area contributed by atoms with Crippen LogP contribution in [0.1, 0.15) is 16.8 Å². The Morgan fingerprint density at radius 2 is 1.95 bits per heavy atom. The van der Waals surface area contributed by atoms with Crippen LogP contribution in [0.15, 0.2) is 24.3 Å². The van der Waals surface area contributed by atoms with E-state index in [1.54, 1.807) is 32.0 Å². The maximum absolute atomic E-state index is 10.9. The third-order valence-electron chi connectivity index (χ3n) is 2.94. The lowest BCUT2D eigenvalue weighted by Crippen LogP contribution is -2.02. The van der Waals surface area contributed by atoms with Crippen LogP contribution < -0.4 is 4.74 Å². The molecule has 0 amide bonds. The average molecular weight is 327 g/mol. The Morgan fingerprint density at radius 1 is 1.24 bits per heavy atom. The fourth-order valence-corrected chi connectivity index (χ4v) is 2.16. The number of pyridine rings is 1. The van der Waals surface area contributed by atoms with Gasteiger partial charge in [-0.2, -0.15) is 0 Å². The molecule has 0 radical (unpaired) electrons. The molecule has 110 valence electrons. The van der Waals surface area contributed by atoms with Crippen molar-refractivity contribution >= 4 is 28.9 Å². The quantitative estimate of drug-likeness (QED) is 0.471. The van der Waals surface area contributed by atoms with Gasteiger partial charge < -0.3 is 4.74 Å². The van der Waals surface area contributed by atoms with Gasteiger partial charge in [0.25, 0.3) is 5.69 Å². The second-order valence-electron chi connectivity index (χ2n) is 4.51. The number of nitrogens with zero attached hydrogens (tertiary/aromatic N) is 2. The van der Waals surface area contributed by atoms with Crippen molar-refractivity contribution in [1.82, 2.24) is 4.98 Å². The zero-order chi connectivity index (χ0) is 15.6. The van der Waals surface area contributed by atoms with Crippen molar-refractivity contribution in [2.75, 3.05) is 0 Å². The van der Waals surface area contributed by atoms with Crippen LogP contribution in [0.2, 0.25) is 10.2 Å². The molecule has 0 aliphatic heterocycles. The number of nitro benzene ring substituents is 1. The number of aryl methyl sites for hydroxylation is 2. The molecule has 0 saturated heterocycles. The number of rotatable bonds is 4. The summed E-state index contributed by atoms with van der Waals surface area (Å²) in [4.78, 5) is 14.5. The van der Waals surface area contributed by atoms with Crippen LogP contribution in [0.5, 0.6) is 5.75 Å². The van der Waals surface area contributed by atoms with E-state index in [1.165, 1.54) is 6.07 Å². The summed E-state index contributed by atoms with van der Waals surface area (Å²) in [6.07, 6.45) is 0. The van der Waals surface area contributed by atoms with E-state index in [9.17, 15) is 10.1 Å². The fraction of sp³-hybridized carbons (Fsp3) is 0.214. The van der Waals surface area contributed by atoms with Crippen molar-refractivity contribution in [3.8, 4) is 5.75 Å². The Balaban J connectivity index is 2.22. The van der Waals surface area contributed by atoms with Crippen molar-refractivity contribution in [3.63, 3.8) is 0 Å². The van der Waals surface area contributed by atoms with E-state index in [-0.39, 0.29) is 12.3 Å². The second kappa shape index (κ2) is 6.28. The molecular formula is C14H12Cl2N2O3. The van der Waals surface area contributed by atoms with E-state index < -0.39 is 4.92 Å². The topological polar surface area (TPSA) is 65.3 Å². The molecule has 0 bridgehead atoms. The minimum atomic E-state index is -0.415. The van der Waals surface area contributed by atoms with Crippen molar-refractivity contribution in [3.05, 3.63) is 61.4 Å². The molecule has 21 heavy (non-hydrogen) atoms. The molecule has 0 aliphatic carbocycles. The monoisotopic (exact) mass is 326 g/mol. The molecule has 1 aromatic heterocycles. The van der Waals surface area contributed by atoms with E-state index >= 15 is 0 Å². The third kappa shape index (κ3) is 3.62. The van der Waals surface area contributed by atoms with E-state index in [2.05, 4.69) is 4.98 Å². The van der Waals surface area contributed by atoms with Crippen molar-refractivity contribution in [2.45, 2.75) is 20.5 Å². The lowest BCUT2D eigenvalue weighted by Gasteiger charge is -2.11. The Labute approximate surface area is 131 Å². The maximum atomic E-state index is 10.9. The summed E-state index contributed by atoms with van der Waals surface area (Å²) in [6.45, 7) is 3.54. The number of hydrogen-bond donors (Lipinski definition) is 0. The van der Waals surface area contributed by atoms with Gasteiger partial charge in [0.2, 0.25) is 0 Å². The van der Waals surface area contributed by atoms with Crippen LogP contribution >= 0.6 is 23.2 Å². The molecule has 0 fully saturated rings. The number of aromatic nitrogens is 1. The first-order valence-corrected chi connectivity index (χ1v) is 6.83. The van der Waals surface area contributed by atoms with Gasteiger partial charge in [-0.05, 0) is 37.6 Å². The van der Waals surface area contributed by atoms with Crippen LogP contribution in [-0.2, 0) is 6.61 Å². The highest BCUT2D eigenvalue weighted by Crippen LogP contribution is 2.28. The molecule has 0 N–H and O–H groups in total. The van der Waals surface area contributed by atoms with Gasteiger partial charge in [-0.15, -0.1) is 0 Å². The maximum Gasteiger partial charge on any atom is 0.272 e. The largest absolute Gasteiger partial charge is 0.487 e. The first-order valence-electron chi connectivity index (χ1n) is 6.08. The van der Waals surface area contributed by atoms with E-state index in [0.29, 0.717) is 32.7 Å². The Hall–Kier alpha value is -1.85. The SMILES string of the molecule is Cc1cc([N+](=O)[O-])c(C)cc1OCc1nc(Cl)ccc1Cl. The van der Waals surface area contributed by atoms with Gasteiger partial charge in [-0.25, -0.2) is 4.98 Å². The lowest BCUT2D eigenvalue weighted by molar-refractivity contribution is -0.385. The number of hydrogen-bond acceptors (Lipinski definition) is 4. The molecule has 0 saturated carbocycles. The highest BCUT2D eigenvalue weighted by Gasteiger charge is 2.14. The van der Waals surface area contributed by atoms with E-state index in [4.69, 9.17) is 27.9 Å². The molecule has 0 atom stereocenters. The normalized spacial score (nSPS) is 10.5. The molecule has 2 aromatic rings. The minimum Gasteiger partial charge on any atom is -0.487 e. The molecule has 0 aliphatic rings. The smallest absolute Gasteiger partial charge is 0.272 e. The van der Waals surface area contributed by atoms with Crippen molar-refractivity contribution in [1.29, 1.82) is 0 Å². The van der Waals surface area contributed by atoms with Crippen LogP contribution in [0.25, 0.3) is 0 Å². The van der Waals surface area contributed by atoms with Crippen LogP contribution in [0.4, 0.5) is 5.69 Å². The van der Waals surface area contributed by atoms with E-state index in [0.717, 1.165) is 0 Å². The Kier molecular flexibility index (Phi) is 4.65. The minimum absolute atomic E-state index is 0.0683. The molecule has 0 spiro atoms. The first kappa shape index (κ1) is 15.5. The van der Waals surface area contributed by atoms with Gasteiger partial charge >= 0.3 is 0 Å². The number of nitro groups is 1. The van der Waals surface area contributed by atoms with Crippen LogP contribution in [-0.4, -0.2) is 9.91 Å². The van der Waals surface area contributed by atoms with Gasteiger partial charge in [0.05, 0.1) is 15.6 Å². The van der Waals surface area contributed by atoms with Gasteiger partial charge in [0, 0.05) is 11.6 Å². The van der Waals surface area contributed by atoms with Crippen LogP contribution in [0.3, 0.4) is 0 Å². The highest BCUT2D eigenvalue weighted by atomic mass is 35.5. The zero-order valence-corrected chi connectivity index (χ0v) is 12.9. The highest BCUT2D eigenvalue weighted by molar-refractivity contribution is 6.32. The van der Waals surface area contributed by atoms with Gasteiger partial charge in [0.1, 0.15) is 17.5 Å². The lowest BCUT2D eigenvalue weighted by atomic mass is 10.1. The standard InChI is InChI=1S/C14H12Cl2N2O3/c1-8-6-13(9(2)5-12(8)18(19)20)21-7-11-10(15)3-4-14(16)17-11/h3-6H,7H2,1-2H3. The molecule has 0 unspecified atom stereocenters. The molecule has 2 rings (SSSR count). The average Bonchev–Trinajstić information content (AvgIpc) is 2.42. The summed E-state index contributed by atoms with van der Waals surface area (Å²) < 4.78 is 5.65. The summed E-state index contributed by atoms with van der Waals surface area (Å²) in [5, 5.41) is 11.7. The summed E-state index contributed by atoms with van der Waals surface area (Å²) in [7, 11) is 0. The van der Waals surface area contributed by atoms with Crippen molar-refractivity contribution in [2.24, 2.45) is 0 Å². The summed E-state index contributed by atoms with van der Waals surface area (Å²) in [5.74, 6) is 0.552. The molecule has 7 heteroatoms. The second-order valence-corrected chi connectivity index (χ2v) is 5.31. The number of halogens is 2. The molecule has 5 nitrogen and oxygen atoms in total. The number of ether oxygens (including phenoxy) is 1. The Morgan fingerprint density at radius 3 is 2.62 bits per heavy atom. The molecular weight excluding hydrogens is 315 g/mol. The van der Waals surface area contributed by atoms with Crippen LogP contribution in [0, 0.1) is 24.0 Å². The zero-order valence-electron chi connectivity index (χ0n) is 11.4. The number of benzene rings is 1. The third-order valence-corrected chi connectivity index (χ3v) is 3.49. The Bertz CT molecular complexity index is 705. The van der Waals surface area contributed by atoms with Gasteiger partial charge in [-0.3, -0.25) is 10.1 Å². The van der Waals surface area contributed by atoms with Gasteiger partial charge in [-0.1, -0.05) is 23.2 Å². The first-order chi connectivity index (χ1) is 9.88. The van der Waals surface area contributed by atoms with Crippen molar-refractivity contribution < 1.29 is 9.66 Å². The molecule has 1 aromatic carbocycles. The predicted molar refractivity (Wildman–Crippen MR) is 81.2 cm³/mol. The fourth-order valence-electron chi connectivity index (χ4n) is 1.83. The van der Waals surface area contributed by atoms with Gasteiger partial charge in [0.15, 0.2) is 0 Å². The summed E-state index contributed by atoms with van der Waals surface area (Å²) in [5.41, 5.74) is 1.79. The summed E-state index contributed by atoms with van der Waals surface area (Å²) in [6, 6.07) is 6.35. The predicted octanol–water partition coefficient (Wildman–Crippen LogP) is 4.49. The summed E-state index contributed by atoms with van der Waals surface area (Å²) >= 11 is 11.8. The molecule has 1 heterocycles. The van der Waals surface area contributed by atoms with E-state index in [1.807, 2.05) is 0 Å².